The van der Waals surface area contributed by atoms with E-state index in [4.69, 9.17) is 0 Å². The Kier molecular flexibility index (Phi) is 3.07. The molecule has 0 atom stereocenters. The molecular weight excluding hydrogens is 216 g/mol. The van der Waals surface area contributed by atoms with Crippen molar-refractivity contribution >= 4 is 5.91 Å². The number of benzene rings is 1. The zero-order valence-electron chi connectivity index (χ0n) is 10.2. The number of hydrogen-bond acceptors (Lipinski definition) is 3. The van der Waals surface area contributed by atoms with E-state index in [1.165, 1.54) is 6.07 Å². The lowest BCUT2D eigenvalue weighted by molar-refractivity contribution is 0.0477. The van der Waals surface area contributed by atoms with Crippen LogP contribution in [0.25, 0.3) is 0 Å². The summed E-state index contributed by atoms with van der Waals surface area (Å²) in [5.74, 6) is 0.108. The Morgan fingerprint density at radius 2 is 2.24 bits per heavy atom. The zero-order chi connectivity index (χ0) is 12.5. The third-order valence-electron chi connectivity index (χ3n) is 3.14. The fourth-order valence-corrected chi connectivity index (χ4v) is 2.15. The molecule has 1 aromatic carbocycles. The molecule has 0 bridgehead atoms. The summed E-state index contributed by atoms with van der Waals surface area (Å²) in [6, 6.07) is 6.51. The summed E-state index contributed by atoms with van der Waals surface area (Å²) in [6.45, 7) is 6.38. The maximum Gasteiger partial charge on any atom is 0.254 e. The summed E-state index contributed by atoms with van der Waals surface area (Å²) in [6.07, 6.45) is 0. The van der Waals surface area contributed by atoms with Crippen LogP contribution in [0.4, 0.5) is 0 Å². The highest BCUT2D eigenvalue weighted by Crippen LogP contribution is 2.21. The van der Waals surface area contributed by atoms with Crippen molar-refractivity contribution in [2.24, 2.45) is 0 Å². The smallest absolute Gasteiger partial charge is 0.254 e. The minimum atomic E-state index is -0.194. The average Bonchev–Trinajstić information content (AvgIpc) is 2.27. The maximum atomic E-state index is 12.4. The normalized spacial score (nSPS) is 19.1. The Morgan fingerprint density at radius 1 is 1.47 bits per heavy atom. The lowest BCUT2D eigenvalue weighted by Crippen LogP contribution is -2.59. The molecule has 1 amide bonds. The van der Waals surface area contributed by atoms with Gasteiger partial charge in [0, 0.05) is 25.2 Å². The van der Waals surface area contributed by atoms with Crippen molar-refractivity contribution in [1.29, 1.82) is 0 Å². The lowest BCUT2D eigenvalue weighted by Gasteiger charge is -2.42. The van der Waals surface area contributed by atoms with Gasteiger partial charge in [0.15, 0.2) is 0 Å². The van der Waals surface area contributed by atoms with E-state index >= 15 is 0 Å². The molecule has 1 fully saturated rings. The molecule has 2 N–H and O–H groups in total. The van der Waals surface area contributed by atoms with Crippen LogP contribution in [0.3, 0.4) is 0 Å². The molecule has 0 aromatic heterocycles. The van der Waals surface area contributed by atoms with Crippen LogP contribution in [-0.2, 0) is 0 Å². The Morgan fingerprint density at radius 3 is 2.88 bits per heavy atom. The Balaban J connectivity index is 2.25. The predicted octanol–water partition coefficient (Wildman–Crippen LogP) is 1.22. The van der Waals surface area contributed by atoms with E-state index in [1.54, 1.807) is 18.2 Å². The molecule has 0 spiro atoms. The molecule has 1 aliphatic heterocycles. The lowest BCUT2D eigenvalue weighted by atomic mass is 9.98. The summed E-state index contributed by atoms with van der Waals surface area (Å²) in [5.41, 5.74) is 0.348. The van der Waals surface area contributed by atoms with E-state index < -0.39 is 0 Å². The van der Waals surface area contributed by atoms with Crippen LogP contribution in [0.15, 0.2) is 24.3 Å². The van der Waals surface area contributed by atoms with Gasteiger partial charge in [-0.05, 0) is 32.0 Å². The summed E-state index contributed by atoms with van der Waals surface area (Å²) in [7, 11) is 0. The van der Waals surface area contributed by atoms with E-state index in [9.17, 15) is 9.90 Å². The zero-order valence-corrected chi connectivity index (χ0v) is 10.2. The van der Waals surface area contributed by atoms with Crippen LogP contribution in [0.5, 0.6) is 5.75 Å². The number of nitrogens with one attached hydrogen (secondary N) is 1. The minimum absolute atomic E-state index is 0.0209. The van der Waals surface area contributed by atoms with E-state index in [0.717, 1.165) is 13.1 Å². The van der Waals surface area contributed by atoms with E-state index in [0.29, 0.717) is 12.1 Å². The van der Waals surface area contributed by atoms with Crippen LogP contribution >= 0.6 is 0 Å². The van der Waals surface area contributed by atoms with E-state index in [1.807, 2.05) is 18.7 Å². The van der Waals surface area contributed by atoms with Gasteiger partial charge in [-0.25, -0.2) is 0 Å². The fourth-order valence-electron chi connectivity index (χ4n) is 2.15. The molecule has 0 unspecified atom stereocenters. The van der Waals surface area contributed by atoms with Gasteiger partial charge >= 0.3 is 0 Å². The highest BCUT2D eigenvalue weighted by atomic mass is 16.3. The molecule has 17 heavy (non-hydrogen) atoms. The molecule has 0 radical (unpaired) electrons. The van der Waals surface area contributed by atoms with Crippen molar-refractivity contribution < 1.29 is 9.90 Å². The number of rotatable bonds is 1. The quantitative estimate of drug-likeness (QED) is 0.768. The van der Waals surface area contributed by atoms with Crippen molar-refractivity contribution in [3.8, 4) is 5.75 Å². The number of hydrogen-bond donors (Lipinski definition) is 2. The number of carbonyl (C=O) groups excluding carboxylic acids is 1. The molecule has 1 aliphatic rings. The standard InChI is InChI=1S/C13H18N2O2/c1-13(2)9-14-6-7-15(13)12(17)10-4-3-5-11(16)8-10/h3-5,8,14,16H,6-7,9H2,1-2H3. The fraction of sp³-hybridized carbons (Fsp3) is 0.462. The SMILES string of the molecule is CC1(C)CNCCN1C(=O)c1cccc(O)c1. The summed E-state index contributed by atoms with van der Waals surface area (Å²) >= 11 is 0. The molecule has 0 aliphatic carbocycles. The first-order valence-corrected chi connectivity index (χ1v) is 5.82. The number of carbonyl (C=O) groups is 1. The van der Waals surface area contributed by atoms with Gasteiger partial charge in [0.25, 0.3) is 5.91 Å². The summed E-state index contributed by atoms with van der Waals surface area (Å²) < 4.78 is 0. The molecule has 2 rings (SSSR count). The van der Waals surface area contributed by atoms with Crippen molar-refractivity contribution in [2.75, 3.05) is 19.6 Å². The Labute approximate surface area is 101 Å². The topological polar surface area (TPSA) is 52.6 Å². The highest BCUT2D eigenvalue weighted by molar-refractivity contribution is 5.95. The van der Waals surface area contributed by atoms with Gasteiger partial charge in [-0.15, -0.1) is 0 Å². The molecule has 1 aromatic rings. The largest absolute Gasteiger partial charge is 0.508 e. The van der Waals surface area contributed by atoms with Crippen molar-refractivity contribution in [2.45, 2.75) is 19.4 Å². The van der Waals surface area contributed by atoms with Gasteiger partial charge < -0.3 is 15.3 Å². The van der Waals surface area contributed by atoms with Crippen molar-refractivity contribution in [3.05, 3.63) is 29.8 Å². The molecular formula is C13H18N2O2. The van der Waals surface area contributed by atoms with Crippen LogP contribution < -0.4 is 5.32 Å². The van der Waals surface area contributed by atoms with Crippen molar-refractivity contribution in [1.82, 2.24) is 10.2 Å². The molecule has 4 nitrogen and oxygen atoms in total. The van der Waals surface area contributed by atoms with Gasteiger partial charge in [0.05, 0.1) is 5.54 Å². The Bertz CT molecular complexity index is 429. The Hall–Kier alpha value is -1.55. The summed E-state index contributed by atoms with van der Waals surface area (Å²) in [5, 5.41) is 12.7. The second kappa shape index (κ2) is 4.37. The first-order valence-electron chi connectivity index (χ1n) is 5.82. The number of piperazine rings is 1. The number of phenols is 1. The van der Waals surface area contributed by atoms with Crippen LogP contribution in [-0.4, -0.2) is 41.1 Å². The first kappa shape index (κ1) is 11.9. The van der Waals surface area contributed by atoms with E-state index in [-0.39, 0.29) is 17.2 Å². The number of nitrogens with zero attached hydrogens (tertiary/aromatic N) is 1. The summed E-state index contributed by atoms with van der Waals surface area (Å²) in [4.78, 5) is 14.2. The predicted molar refractivity (Wildman–Crippen MR) is 66.1 cm³/mol. The first-order chi connectivity index (χ1) is 8.00. The average molecular weight is 234 g/mol. The van der Waals surface area contributed by atoms with E-state index in [2.05, 4.69) is 5.32 Å². The molecule has 92 valence electrons. The van der Waals surface area contributed by atoms with Crippen LogP contribution in [0.1, 0.15) is 24.2 Å². The molecule has 4 heteroatoms. The van der Waals surface area contributed by atoms with Gasteiger partial charge in [-0.1, -0.05) is 6.07 Å². The number of amides is 1. The molecule has 1 saturated heterocycles. The van der Waals surface area contributed by atoms with Gasteiger partial charge in [0.2, 0.25) is 0 Å². The second-order valence-electron chi connectivity index (χ2n) is 5.00. The number of phenolic OH excluding ortho intramolecular Hbond substituents is 1. The maximum absolute atomic E-state index is 12.4. The van der Waals surface area contributed by atoms with Gasteiger partial charge in [0.1, 0.15) is 5.75 Å². The third-order valence-corrected chi connectivity index (χ3v) is 3.14. The minimum Gasteiger partial charge on any atom is -0.508 e. The molecule has 0 saturated carbocycles. The second-order valence-corrected chi connectivity index (χ2v) is 5.00. The van der Waals surface area contributed by atoms with Gasteiger partial charge in [-0.3, -0.25) is 4.79 Å². The van der Waals surface area contributed by atoms with Crippen LogP contribution in [0, 0.1) is 0 Å². The third kappa shape index (κ3) is 2.42. The van der Waals surface area contributed by atoms with Crippen LogP contribution in [0.2, 0.25) is 0 Å². The van der Waals surface area contributed by atoms with Crippen molar-refractivity contribution in [3.63, 3.8) is 0 Å². The molecule has 1 heterocycles. The highest BCUT2D eigenvalue weighted by Gasteiger charge is 2.33. The monoisotopic (exact) mass is 234 g/mol. The number of aromatic hydroxyl groups is 1. The van der Waals surface area contributed by atoms with Gasteiger partial charge in [-0.2, -0.15) is 0 Å².